The largest absolute Gasteiger partial charge is 0.491 e. The molecule has 2 aromatic rings. The normalized spacial score (nSPS) is 15.4. The predicted octanol–water partition coefficient (Wildman–Crippen LogP) is 4.14. The molecule has 0 radical (unpaired) electrons. The number of anilines is 1. The zero-order chi connectivity index (χ0) is 15.6. The molecule has 0 heterocycles. The first kappa shape index (κ1) is 14.6. The highest BCUT2D eigenvalue weighted by atomic mass is 16.5. The van der Waals surface area contributed by atoms with Gasteiger partial charge in [-0.2, -0.15) is 0 Å². The van der Waals surface area contributed by atoms with E-state index in [1.807, 2.05) is 68.4 Å². The maximum atomic E-state index is 12.6. The van der Waals surface area contributed by atoms with Crippen molar-refractivity contribution in [2.45, 2.75) is 38.2 Å². The lowest BCUT2D eigenvalue weighted by molar-refractivity contribution is -0.118. The molecule has 22 heavy (non-hydrogen) atoms. The molecule has 0 bridgehead atoms. The third-order valence-corrected chi connectivity index (χ3v) is 3.99. The van der Waals surface area contributed by atoms with E-state index in [0.717, 1.165) is 29.8 Å². The first-order valence-electron chi connectivity index (χ1n) is 7.74. The molecule has 1 N–H and O–H groups in total. The molecule has 0 spiro atoms. The predicted molar refractivity (Wildman–Crippen MR) is 88.2 cm³/mol. The highest BCUT2D eigenvalue weighted by Crippen LogP contribution is 2.48. The van der Waals surface area contributed by atoms with Crippen LogP contribution in [0.3, 0.4) is 0 Å². The molecule has 1 aliphatic rings. The van der Waals surface area contributed by atoms with E-state index in [2.05, 4.69) is 5.32 Å². The summed E-state index contributed by atoms with van der Waals surface area (Å²) in [5.41, 5.74) is 1.57. The summed E-state index contributed by atoms with van der Waals surface area (Å²) in [6.07, 6.45) is 1.97. The molecular weight excluding hydrogens is 274 g/mol. The minimum Gasteiger partial charge on any atom is -0.491 e. The Hall–Kier alpha value is -2.29. The summed E-state index contributed by atoms with van der Waals surface area (Å²) in [6.45, 7) is 3.98. The van der Waals surface area contributed by atoms with Crippen molar-refractivity contribution in [3.05, 3.63) is 60.2 Å². The Balaban J connectivity index is 1.70. The second-order valence-corrected chi connectivity index (χ2v) is 6.09. The fraction of sp³-hybridized carbons (Fsp3) is 0.316. The lowest BCUT2D eigenvalue weighted by atomic mass is 9.95. The smallest absolute Gasteiger partial charge is 0.235 e. The third kappa shape index (κ3) is 2.98. The van der Waals surface area contributed by atoms with Gasteiger partial charge in [-0.3, -0.25) is 4.79 Å². The molecule has 1 fully saturated rings. The summed E-state index contributed by atoms with van der Waals surface area (Å²) in [5, 5.41) is 3.03. The Kier molecular flexibility index (Phi) is 3.88. The van der Waals surface area contributed by atoms with Crippen LogP contribution < -0.4 is 10.1 Å². The Labute approximate surface area is 131 Å². The molecule has 114 valence electrons. The number of carbonyl (C=O) groups is 1. The molecule has 0 atom stereocenters. The Morgan fingerprint density at radius 2 is 1.68 bits per heavy atom. The van der Waals surface area contributed by atoms with Gasteiger partial charge >= 0.3 is 0 Å². The van der Waals surface area contributed by atoms with Gasteiger partial charge < -0.3 is 10.1 Å². The van der Waals surface area contributed by atoms with Crippen molar-refractivity contribution in [1.29, 1.82) is 0 Å². The average Bonchev–Trinajstić information content (AvgIpc) is 3.31. The van der Waals surface area contributed by atoms with Crippen LogP contribution in [-0.4, -0.2) is 12.0 Å². The second-order valence-electron chi connectivity index (χ2n) is 6.09. The zero-order valence-corrected chi connectivity index (χ0v) is 13.0. The molecule has 0 saturated heterocycles. The fourth-order valence-electron chi connectivity index (χ4n) is 2.67. The number of nitrogens with one attached hydrogen (secondary N) is 1. The molecule has 1 amide bonds. The lowest BCUT2D eigenvalue weighted by Crippen LogP contribution is -2.27. The molecular formula is C19H21NO2. The minimum absolute atomic E-state index is 0.0798. The molecule has 1 aliphatic carbocycles. The maximum Gasteiger partial charge on any atom is 0.235 e. The van der Waals surface area contributed by atoms with Crippen molar-refractivity contribution in [2.75, 3.05) is 5.32 Å². The highest BCUT2D eigenvalue weighted by molar-refractivity contribution is 6.01. The van der Waals surface area contributed by atoms with Crippen molar-refractivity contribution < 1.29 is 9.53 Å². The molecule has 3 heteroatoms. The van der Waals surface area contributed by atoms with E-state index in [1.54, 1.807) is 0 Å². The first-order valence-corrected chi connectivity index (χ1v) is 7.74. The number of ether oxygens (including phenoxy) is 1. The summed E-state index contributed by atoms with van der Waals surface area (Å²) in [5.74, 6) is 0.897. The van der Waals surface area contributed by atoms with Gasteiger partial charge in [0.05, 0.1) is 11.5 Å². The summed E-state index contributed by atoms with van der Waals surface area (Å²) in [7, 11) is 0. The van der Waals surface area contributed by atoms with Crippen molar-refractivity contribution in [3.63, 3.8) is 0 Å². The van der Waals surface area contributed by atoms with Crippen LogP contribution in [0.4, 0.5) is 5.69 Å². The third-order valence-electron chi connectivity index (χ3n) is 3.99. The number of carbonyl (C=O) groups excluding carboxylic acids is 1. The second kappa shape index (κ2) is 5.84. The summed E-state index contributed by atoms with van der Waals surface area (Å²) in [6, 6.07) is 17.6. The maximum absolute atomic E-state index is 12.6. The van der Waals surface area contributed by atoms with Crippen LogP contribution in [0, 0.1) is 0 Å². The quantitative estimate of drug-likeness (QED) is 0.900. The van der Waals surface area contributed by atoms with E-state index in [1.165, 1.54) is 0 Å². The topological polar surface area (TPSA) is 38.3 Å². The van der Waals surface area contributed by atoms with Gasteiger partial charge in [0.2, 0.25) is 5.91 Å². The van der Waals surface area contributed by atoms with E-state index in [9.17, 15) is 4.79 Å². The molecule has 0 unspecified atom stereocenters. The molecule has 3 nitrogen and oxygen atoms in total. The number of amides is 1. The fourth-order valence-corrected chi connectivity index (χ4v) is 2.67. The van der Waals surface area contributed by atoms with Gasteiger partial charge in [-0.1, -0.05) is 30.3 Å². The zero-order valence-electron chi connectivity index (χ0n) is 13.0. The van der Waals surface area contributed by atoms with Crippen molar-refractivity contribution >= 4 is 11.6 Å². The van der Waals surface area contributed by atoms with Gasteiger partial charge in [0.25, 0.3) is 0 Å². The van der Waals surface area contributed by atoms with Crippen LogP contribution in [0.25, 0.3) is 0 Å². The van der Waals surface area contributed by atoms with E-state index in [4.69, 9.17) is 4.74 Å². The minimum atomic E-state index is -0.339. The van der Waals surface area contributed by atoms with Crippen molar-refractivity contribution in [2.24, 2.45) is 0 Å². The molecule has 2 aromatic carbocycles. The van der Waals surface area contributed by atoms with Gasteiger partial charge in [-0.15, -0.1) is 0 Å². The first-order chi connectivity index (χ1) is 10.6. The van der Waals surface area contributed by atoms with E-state index in [0.29, 0.717) is 0 Å². The van der Waals surface area contributed by atoms with Crippen molar-refractivity contribution in [3.8, 4) is 5.75 Å². The molecule has 0 aliphatic heterocycles. The van der Waals surface area contributed by atoms with Gasteiger partial charge in [0.1, 0.15) is 5.75 Å². The summed E-state index contributed by atoms with van der Waals surface area (Å²) < 4.78 is 5.61. The van der Waals surface area contributed by atoms with E-state index in [-0.39, 0.29) is 17.4 Å². The van der Waals surface area contributed by atoms with Crippen molar-refractivity contribution in [1.82, 2.24) is 0 Å². The Morgan fingerprint density at radius 3 is 2.23 bits per heavy atom. The van der Waals surface area contributed by atoms with Gasteiger partial charge in [0, 0.05) is 5.69 Å². The number of rotatable bonds is 5. The SMILES string of the molecule is CC(C)Oc1ccc(NC(=O)C2(c3ccccc3)CC2)cc1. The monoisotopic (exact) mass is 295 g/mol. The lowest BCUT2D eigenvalue weighted by Gasteiger charge is -2.16. The standard InChI is InChI=1S/C19H21NO2/c1-14(2)22-17-10-8-16(9-11-17)20-18(21)19(12-13-19)15-6-4-3-5-7-15/h3-11,14H,12-13H2,1-2H3,(H,20,21). The van der Waals surface area contributed by atoms with Crippen LogP contribution in [-0.2, 0) is 10.2 Å². The Morgan fingerprint density at radius 1 is 1.05 bits per heavy atom. The number of hydrogen-bond donors (Lipinski definition) is 1. The van der Waals surface area contributed by atoms with Crippen LogP contribution in [0.1, 0.15) is 32.3 Å². The van der Waals surface area contributed by atoms with Crippen LogP contribution in [0.5, 0.6) is 5.75 Å². The van der Waals surface area contributed by atoms with Gasteiger partial charge in [-0.05, 0) is 56.5 Å². The van der Waals surface area contributed by atoms with Gasteiger partial charge in [-0.25, -0.2) is 0 Å². The average molecular weight is 295 g/mol. The molecule has 3 rings (SSSR count). The highest BCUT2D eigenvalue weighted by Gasteiger charge is 2.51. The number of benzene rings is 2. The van der Waals surface area contributed by atoms with E-state index >= 15 is 0 Å². The number of hydrogen-bond acceptors (Lipinski definition) is 2. The summed E-state index contributed by atoms with van der Waals surface area (Å²) >= 11 is 0. The van der Waals surface area contributed by atoms with E-state index < -0.39 is 0 Å². The van der Waals surface area contributed by atoms with Crippen LogP contribution >= 0.6 is 0 Å². The van der Waals surface area contributed by atoms with Crippen LogP contribution in [0.2, 0.25) is 0 Å². The van der Waals surface area contributed by atoms with Crippen LogP contribution in [0.15, 0.2) is 54.6 Å². The molecule has 0 aromatic heterocycles. The Bertz CT molecular complexity index is 643. The summed E-state index contributed by atoms with van der Waals surface area (Å²) in [4.78, 5) is 12.6. The van der Waals surface area contributed by atoms with Gasteiger partial charge in [0.15, 0.2) is 0 Å². The molecule has 1 saturated carbocycles.